The van der Waals surface area contributed by atoms with Crippen LogP contribution in [0.3, 0.4) is 0 Å². The molecule has 0 bridgehead atoms. The predicted molar refractivity (Wildman–Crippen MR) is 97.4 cm³/mol. The van der Waals surface area contributed by atoms with Gasteiger partial charge in [0.25, 0.3) is 0 Å². The molecule has 5 nitrogen and oxygen atoms in total. The van der Waals surface area contributed by atoms with Gasteiger partial charge < -0.3 is 9.84 Å². The van der Waals surface area contributed by atoms with Gasteiger partial charge in [0.05, 0.1) is 14.8 Å². The van der Waals surface area contributed by atoms with Gasteiger partial charge >= 0.3 is 5.97 Å². The summed E-state index contributed by atoms with van der Waals surface area (Å²) < 4.78 is 42.3. The Morgan fingerprint density at radius 1 is 1.19 bits per heavy atom. The Balaban J connectivity index is 2.41. The van der Waals surface area contributed by atoms with Gasteiger partial charge in [-0.25, -0.2) is 17.6 Å². The van der Waals surface area contributed by atoms with Crippen LogP contribution in [0.4, 0.5) is 4.39 Å². The zero-order valence-electron chi connectivity index (χ0n) is 14.1. The number of carboxylic acid groups (broad SMARTS) is 1. The molecule has 0 saturated heterocycles. The van der Waals surface area contributed by atoms with Crippen LogP contribution in [0.25, 0.3) is 0 Å². The molecule has 0 aliphatic heterocycles. The number of hydrogen-bond donors (Lipinski definition) is 1. The van der Waals surface area contributed by atoms with Gasteiger partial charge in [-0.15, -0.1) is 0 Å². The molecular formula is C17H16ClFO5S2. The number of hydrogen-bond acceptors (Lipinski definition) is 5. The summed E-state index contributed by atoms with van der Waals surface area (Å²) >= 11 is 7.19. The van der Waals surface area contributed by atoms with E-state index in [4.69, 9.17) is 16.3 Å². The summed E-state index contributed by atoms with van der Waals surface area (Å²) in [6.07, 6.45) is 1.07. The van der Waals surface area contributed by atoms with Crippen molar-refractivity contribution in [2.45, 2.75) is 34.1 Å². The SMILES string of the molecule is CC(C)(Oc1ccc(F)cc1Sc1ccc(S(C)(=O)=O)cc1Cl)C(=O)O. The monoisotopic (exact) mass is 418 g/mol. The van der Waals surface area contributed by atoms with Gasteiger partial charge in [0.15, 0.2) is 15.4 Å². The molecule has 0 radical (unpaired) electrons. The van der Waals surface area contributed by atoms with Crippen molar-refractivity contribution >= 4 is 39.2 Å². The number of ether oxygens (including phenoxy) is 1. The molecule has 9 heteroatoms. The Morgan fingerprint density at radius 3 is 2.38 bits per heavy atom. The van der Waals surface area contributed by atoms with Gasteiger partial charge in [-0.3, -0.25) is 0 Å². The highest BCUT2D eigenvalue weighted by atomic mass is 35.5. The van der Waals surface area contributed by atoms with Crippen molar-refractivity contribution in [1.82, 2.24) is 0 Å². The van der Waals surface area contributed by atoms with Crippen LogP contribution in [-0.4, -0.2) is 31.4 Å². The van der Waals surface area contributed by atoms with Crippen LogP contribution in [0, 0.1) is 5.82 Å². The fourth-order valence-electron chi connectivity index (χ4n) is 1.88. The number of carbonyl (C=O) groups is 1. The average molecular weight is 419 g/mol. The van der Waals surface area contributed by atoms with Crippen molar-refractivity contribution in [3.8, 4) is 5.75 Å². The van der Waals surface area contributed by atoms with Gasteiger partial charge in [-0.1, -0.05) is 23.4 Å². The fourth-order valence-corrected chi connectivity index (χ4v) is 3.80. The fraction of sp³-hybridized carbons (Fsp3) is 0.235. The molecule has 2 rings (SSSR count). The first-order chi connectivity index (χ1) is 11.9. The summed E-state index contributed by atoms with van der Waals surface area (Å²) in [5.41, 5.74) is -1.52. The van der Waals surface area contributed by atoms with E-state index in [1.54, 1.807) is 0 Å². The molecule has 140 valence electrons. The molecule has 0 unspecified atom stereocenters. The van der Waals surface area contributed by atoms with E-state index >= 15 is 0 Å². The lowest BCUT2D eigenvalue weighted by atomic mass is 10.1. The Morgan fingerprint density at radius 2 is 1.85 bits per heavy atom. The summed E-state index contributed by atoms with van der Waals surface area (Å²) in [6, 6.07) is 7.89. The molecular weight excluding hydrogens is 403 g/mol. The molecule has 0 heterocycles. The normalized spacial score (nSPS) is 12.0. The molecule has 0 aliphatic carbocycles. The minimum absolute atomic E-state index is 0.0644. The highest BCUT2D eigenvalue weighted by molar-refractivity contribution is 7.99. The van der Waals surface area contributed by atoms with Gasteiger partial charge in [0, 0.05) is 11.2 Å². The van der Waals surface area contributed by atoms with Crippen molar-refractivity contribution in [3.63, 3.8) is 0 Å². The third-order valence-corrected chi connectivity index (χ3v) is 5.99. The molecule has 2 aromatic carbocycles. The minimum atomic E-state index is -3.41. The second-order valence-electron chi connectivity index (χ2n) is 5.98. The number of aliphatic carboxylic acids is 1. The van der Waals surface area contributed by atoms with Crippen molar-refractivity contribution in [2.24, 2.45) is 0 Å². The Labute approximate surface area is 160 Å². The first kappa shape index (κ1) is 20.5. The van der Waals surface area contributed by atoms with Gasteiger partial charge in [-0.05, 0) is 50.2 Å². The second kappa shape index (κ2) is 7.46. The van der Waals surface area contributed by atoms with Gasteiger partial charge in [0.2, 0.25) is 0 Å². The molecule has 0 aliphatic rings. The zero-order chi connectivity index (χ0) is 19.7. The van der Waals surface area contributed by atoms with E-state index in [-0.39, 0.29) is 15.7 Å². The van der Waals surface area contributed by atoms with Crippen molar-refractivity contribution in [1.29, 1.82) is 0 Å². The van der Waals surface area contributed by atoms with E-state index in [1.807, 2.05) is 0 Å². The van der Waals surface area contributed by atoms with E-state index in [2.05, 4.69) is 0 Å². The molecule has 26 heavy (non-hydrogen) atoms. The standard InChI is InChI=1S/C17H16ClFO5S2/c1-17(2,16(20)21)24-13-6-4-10(19)8-15(13)25-14-7-5-11(9-12(14)18)26(3,22)23/h4-9H,1-3H3,(H,20,21). The molecule has 0 amide bonds. The average Bonchev–Trinajstić information content (AvgIpc) is 2.50. The number of benzene rings is 2. The molecule has 1 N–H and O–H groups in total. The minimum Gasteiger partial charge on any atom is -0.478 e. The maximum Gasteiger partial charge on any atom is 0.347 e. The van der Waals surface area contributed by atoms with E-state index < -0.39 is 27.2 Å². The molecule has 0 spiro atoms. The lowest BCUT2D eigenvalue weighted by Gasteiger charge is -2.23. The number of rotatable bonds is 6. The Hall–Kier alpha value is -1.77. The van der Waals surface area contributed by atoms with E-state index in [9.17, 15) is 22.7 Å². The molecule has 0 atom stereocenters. The number of sulfone groups is 1. The Kier molecular flexibility index (Phi) is 5.89. The van der Waals surface area contributed by atoms with E-state index in [0.29, 0.717) is 9.79 Å². The third kappa shape index (κ3) is 4.90. The summed E-state index contributed by atoms with van der Waals surface area (Å²) in [5.74, 6) is -1.53. The van der Waals surface area contributed by atoms with Crippen LogP contribution < -0.4 is 4.74 Å². The maximum atomic E-state index is 13.7. The van der Waals surface area contributed by atoms with Gasteiger partial charge in [0.1, 0.15) is 11.6 Å². The first-order valence-corrected chi connectivity index (χ1v) is 10.4. The summed E-state index contributed by atoms with van der Waals surface area (Å²) in [7, 11) is -3.41. The summed E-state index contributed by atoms with van der Waals surface area (Å²) in [6.45, 7) is 2.75. The Bertz CT molecular complexity index is 958. The van der Waals surface area contributed by atoms with Crippen LogP contribution in [0.2, 0.25) is 5.02 Å². The second-order valence-corrected chi connectivity index (χ2v) is 9.48. The van der Waals surface area contributed by atoms with Crippen LogP contribution in [0.5, 0.6) is 5.75 Å². The van der Waals surface area contributed by atoms with Crippen LogP contribution in [-0.2, 0) is 14.6 Å². The van der Waals surface area contributed by atoms with Crippen LogP contribution in [0.1, 0.15) is 13.8 Å². The van der Waals surface area contributed by atoms with E-state index in [0.717, 1.165) is 24.1 Å². The maximum absolute atomic E-state index is 13.7. The van der Waals surface area contributed by atoms with Crippen molar-refractivity contribution < 1.29 is 27.4 Å². The molecule has 0 aromatic heterocycles. The van der Waals surface area contributed by atoms with Crippen molar-refractivity contribution in [3.05, 3.63) is 47.2 Å². The van der Waals surface area contributed by atoms with Gasteiger partial charge in [-0.2, -0.15) is 0 Å². The molecule has 2 aromatic rings. The predicted octanol–water partition coefficient (Wildman–Crippen LogP) is 4.28. The topological polar surface area (TPSA) is 80.7 Å². The lowest BCUT2D eigenvalue weighted by molar-refractivity contribution is -0.152. The number of halogens is 2. The van der Waals surface area contributed by atoms with Crippen molar-refractivity contribution in [2.75, 3.05) is 6.26 Å². The van der Waals surface area contributed by atoms with Crippen LogP contribution in [0.15, 0.2) is 51.1 Å². The quantitative estimate of drug-likeness (QED) is 0.754. The van der Waals surface area contributed by atoms with E-state index in [1.165, 1.54) is 44.2 Å². The molecule has 0 saturated carbocycles. The highest BCUT2D eigenvalue weighted by Crippen LogP contribution is 2.40. The lowest BCUT2D eigenvalue weighted by Crippen LogP contribution is -2.38. The molecule has 0 fully saturated rings. The highest BCUT2D eigenvalue weighted by Gasteiger charge is 2.30. The van der Waals surface area contributed by atoms with Crippen LogP contribution >= 0.6 is 23.4 Å². The summed E-state index contributed by atoms with van der Waals surface area (Å²) in [4.78, 5) is 12.1. The third-order valence-electron chi connectivity index (χ3n) is 3.34. The number of carboxylic acids is 1. The first-order valence-electron chi connectivity index (χ1n) is 7.29. The smallest absolute Gasteiger partial charge is 0.347 e. The zero-order valence-corrected chi connectivity index (χ0v) is 16.5. The largest absolute Gasteiger partial charge is 0.478 e. The summed E-state index contributed by atoms with van der Waals surface area (Å²) in [5, 5.41) is 9.38.